The molecular formula is C15H13NO2. The topological polar surface area (TPSA) is 46.0 Å². The highest BCUT2D eigenvalue weighted by Gasteiger charge is 2.03. The fraction of sp³-hybridized carbons (Fsp3) is 0.133. The molecule has 3 heteroatoms. The average Bonchev–Trinajstić information content (AvgIpc) is 2.78. The molecular weight excluding hydrogens is 226 g/mol. The van der Waals surface area contributed by atoms with E-state index in [1.165, 1.54) is 5.56 Å². The van der Waals surface area contributed by atoms with Crippen LogP contribution in [0.5, 0.6) is 0 Å². The summed E-state index contributed by atoms with van der Waals surface area (Å²) in [6, 6.07) is 14.1. The van der Waals surface area contributed by atoms with E-state index in [1.54, 1.807) is 0 Å². The van der Waals surface area contributed by atoms with Gasteiger partial charge in [0.15, 0.2) is 5.58 Å². The fourth-order valence-electron chi connectivity index (χ4n) is 2.06. The maximum atomic E-state index is 11.1. The summed E-state index contributed by atoms with van der Waals surface area (Å²) >= 11 is 0. The highest BCUT2D eigenvalue weighted by atomic mass is 16.4. The van der Waals surface area contributed by atoms with E-state index in [0.717, 1.165) is 23.1 Å². The van der Waals surface area contributed by atoms with Crippen molar-refractivity contribution in [1.29, 1.82) is 0 Å². The second-order valence-electron chi connectivity index (χ2n) is 4.28. The average molecular weight is 239 g/mol. The summed E-state index contributed by atoms with van der Waals surface area (Å²) in [5.41, 5.74) is 4.81. The van der Waals surface area contributed by atoms with Gasteiger partial charge in [-0.1, -0.05) is 37.3 Å². The number of aryl methyl sites for hydroxylation is 1. The van der Waals surface area contributed by atoms with Crippen LogP contribution in [0.2, 0.25) is 0 Å². The Hall–Kier alpha value is -2.29. The van der Waals surface area contributed by atoms with Crippen LogP contribution in [0.15, 0.2) is 51.7 Å². The summed E-state index contributed by atoms with van der Waals surface area (Å²) < 4.78 is 5.06. The van der Waals surface area contributed by atoms with Crippen LogP contribution in [0.3, 0.4) is 0 Å². The third kappa shape index (κ3) is 1.84. The van der Waals surface area contributed by atoms with Gasteiger partial charge in [-0.15, -0.1) is 0 Å². The van der Waals surface area contributed by atoms with Crippen molar-refractivity contribution in [3.05, 3.63) is 58.6 Å². The SMILES string of the molecule is CCc1ccc(-c2ccc3[nH]c(=O)oc3c2)cc1. The third-order valence-electron chi connectivity index (χ3n) is 3.12. The lowest BCUT2D eigenvalue weighted by Crippen LogP contribution is -1.92. The molecule has 0 aliphatic heterocycles. The Morgan fingerprint density at radius 1 is 1.06 bits per heavy atom. The Labute approximate surface area is 104 Å². The summed E-state index contributed by atoms with van der Waals surface area (Å²) in [6.07, 6.45) is 1.03. The maximum Gasteiger partial charge on any atom is 0.417 e. The van der Waals surface area contributed by atoms with Crippen molar-refractivity contribution in [2.75, 3.05) is 0 Å². The largest absolute Gasteiger partial charge is 0.417 e. The van der Waals surface area contributed by atoms with E-state index in [9.17, 15) is 4.79 Å². The normalized spacial score (nSPS) is 10.9. The second kappa shape index (κ2) is 4.18. The van der Waals surface area contributed by atoms with Crippen molar-refractivity contribution in [2.45, 2.75) is 13.3 Å². The van der Waals surface area contributed by atoms with Gasteiger partial charge >= 0.3 is 5.76 Å². The predicted octanol–water partition coefficient (Wildman–Crippen LogP) is 3.35. The van der Waals surface area contributed by atoms with Gasteiger partial charge in [-0.05, 0) is 35.2 Å². The maximum absolute atomic E-state index is 11.1. The van der Waals surface area contributed by atoms with Gasteiger partial charge in [0, 0.05) is 0 Å². The standard InChI is InChI=1S/C15H13NO2/c1-2-10-3-5-11(6-4-10)12-7-8-13-14(9-12)18-15(17)16-13/h3-9H,2H2,1H3,(H,16,17). The number of hydrogen-bond acceptors (Lipinski definition) is 2. The van der Waals surface area contributed by atoms with Gasteiger partial charge < -0.3 is 4.42 Å². The molecule has 3 nitrogen and oxygen atoms in total. The van der Waals surface area contributed by atoms with Gasteiger partial charge in [0.1, 0.15) is 0 Å². The molecule has 90 valence electrons. The van der Waals surface area contributed by atoms with E-state index in [0.29, 0.717) is 5.58 Å². The van der Waals surface area contributed by atoms with Gasteiger partial charge in [0.05, 0.1) is 5.52 Å². The Balaban J connectivity index is 2.09. The Kier molecular flexibility index (Phi) is 2.52. The number of benzene rings is 2. The molecule has 3 rings (SSSR count). The first-order valence-electron chi connectivity index (χ1n) is 5.98. The zero-order valence-electron chi connectivity index (χ0n) is 10.1. The number of fused-ring (bicyclic) bond motifs is 1. The smallest absolute Gasteiger partial charge is 0.408 e. The number of hydrogen-bond donors (Lipinski definition) is 1. The number of oxazole rings is 1. The minimum absolute atomic E-state index is 0.413. The van der Waals surface area contributed by atoms with Crippen LogP contribution < -0.4 is 5.76 Å². The molecule has 3 aromatic rings. The molecule has 0 fully saturated rings. The number of aromatic nitrogens is 1. The number of rotatable bonds is 2. The highest BCUT2D eigenvalue weighted by Crippen LogP contribution is 2.23. The van der Waals surface area contributed by atoms with Crippen LogP contribution in [0.1, 0.15) is 12.5 Å². The minimum Gasteiger partial charge on any atom is -0.408 e. The lowest BCUT2D eigenvalue weighted by Gasteiger charge is -2.02. The lowest BCUT2D eigenvalue weighted by molar-refractivity contribution is 0.555. The van der Waals surface area contributed by atoms with Crippen molar-refractivity contribution in [3.63, 3.8) is 0 Å². The minimum atomic E-state index is -0.413. The first kappa shape index (κ1) is 10.8. The van der Waals surface area contributed by atoms with Crippen molar-refractivity contribution in [1.82, 2.24) is 4.98 Å². The quantitative estimate of drug-likeness (QED) is 0.745. The molecule has 0 spiro atoms. The molecule has 0 atom stereocenters. The second-order valence-corrected chi connectivity index (χ2v) is 4.28. The van der Waals surface area contributed by atoms with E-state index >= 15 is 0 Å². The summed E-state index contributed by atoms with van der Waals surface area (Å²) in [5.74, 6) is -0.413. The van der Waals surface area contributed by atoms with Gasteiger partial charge in [0.2, 0.25) is 0 Å². The van der Waals surface area contributed by atoms with E-state index in [4.69, 9.17) is 4.42 Å². The van der Waals surface area contributed by atoms with Crippen LogP contribution in [0.4, 0.5) is 0 Å². The van der Waals surface area contributed by atoms with Crippen molar-refractivity contribution in [3.8, 4) is 11.1 Å². The molecule has 0 amide bonds. The van der Waals surface area contributed by atoms with Crippen LogP contribution in [0.25, 0.3) is 22.2 Å². The van der Waals surface area contributed by atoms with E-state index in [-0.39, 0.29) is 0 Å². The third-order valence-corrected chi connectivity index (χ3v) is 3.12. The first-order chi connectivity index (χ1) is 8.76. The Morgan fingerprint density at radius 2 is 1.78 bits per heavy atom. The number of nitrogens with one attached hydrogen (secondary N) is 1. The number of H-pyrrole nitrogens is 1. The predicted molar refractivity (Wildman–Crippen MR) is 71.6 cm³/mol. The molecule has 1 heterocycles. The van der Waals surface area contributed by atoms with Crippen molar-refractivity contribution >= 4 is 11.1 Å². The molecule has 0 saturated carbocycles. The monoisotopic (exact) mass is 239 g/mol. The molecule has 0 saturated heterocycles. The van der Waals surface area contributed by atoms with Gasteiger partial charge in [-0.25, -0.2) is 4.79 Å². The summed E-state index contributed by atoms with van der Waals surface area (Å²) in [5, 5.41) is 0. The van der Waals surface area contributed by atoms with Gasteiger partial charge in [0.25, 0.3) is 0 Å². The van der Waals surface area contributed by atoms with Gasteiger partial charge in [-0.3, -0.25) is 4.98 Å². The molecule has 1 N–H and O–H groups in total. The summed E-state index contributed by atoms with van der Waals surface area (Å²) in [7, 11) is 0. The summed E-state index contributed by atoms with van der Waals surface area (Å²) in [6.45, 7) is 2.13. The van der Waals surface area contributed by atoms with Crippen molar-refractivity contribution < 1.29 is 4.42 Å². The zero-order valence-corrected chi connectivity index (χ0v) is 10.1. The Morgan fingerprint density at radius 3 is 2.50 bits per heavy atom. The number of aromatic amines is 1. The molecule has 0 unspecified atom stereocenters. The fourth-order valence-corrected chi connectivity index (χ4v) is 2.06. The van der Waals surface area contributed by atoms with E-state index in [2.05, 4.69) is 36.2 Å². The molecule has 0 aliphatic carbocycles. The van der Waals surface area contributed by atoms with Crippen molar-refractivity contribution in [2.24, 2.45) is 0 Å². The van der Waals surface area contributed by atoms with Crippen LogP contribution in [-0.2, 0) is 6.42 Å². The van der Waals surface area contributed by atoms with Gasteiger partial charge in [-0.2, -0.15) is 0 Å². The molecule has 0 aliphatic rings. The molecule has 0 radical (unpaired) electrons. The molecule has 0 bridgehead atoms. The first-order valence-corrected chi connectivity index (χ1v) is 5.98. The van der Waals surface area contributed by atoms with Crippen LogP contribution in [-0.4, -0.2) is 4.98 Å². The zero-order chi connectivity index (χ0) is 12.5. The Bertz CT molecular complexity index is 735. The molecule has 1 aromatic heterocycles. The molecule has 2 aromatic carbocycles. The highest BCUT2D eigenvalue weighted by molar-refractivity contribution is 5.79. The van der Waals surface area contributed by atoms with Crippen LogP contribution >= 0.6 is 0 Å². The lowest BCUT2D eigenvalue weighted by atomic mass is 10.0. The van der Waals surface area contributed by atoms with Crippen LogP contribution in [0, 0.1) is 0 Å². The summed E-state index contributed by atoms with van der Waals surface area (Å²) in [4.78, 5) is 13.7. The molecule has 18 heavy (non-hydrogen) atoms. The van der Waals surface area contributed by atoms with E-state index in [1.807, 2.05) is 18.2 Å². The van der Waals surface area contributed by atoms with E-state index < -0.39 is 5.76 Å².